The molecular weight excluding hydrogens is 248 g/mol. The van der Waals surface area contributed by atoms with Gasteiger partial charge in [-0.3, -0.25) is 0 Å². The fourth-order valence-corrected chi connectivity index (χ4v) is 13.5. The van der Waals surface area contributed by atoms with Crippen LogP contribution in [0, 0.1) is 0 Å². The molecule has 0 spiro atoms. The van der Waals surface area contributed by atoms with E-state index < -0.39 is 16.1 Å². The minimum atomic E-state index is -1.18. The summed E-state index contributed by atoms with van der Waals surface area (Å²) in [6.45, 7) is 10.2. The van der Waals surface area contributed by atoms with Crippen molar-refractivity contribution in [2.45, 2.75) is 38.3 Å². The van der Waals surface area contributed by atoms with Gasteiger partial charge in [0.15, 0.2) is 0 Å². The molecule has 0 aliphatic carbocycles. The second-order valence-electron chi connectivity index (χ2n) is 7.01. The van der Waals surface area contributed by atoms with E-state index in [1.54, 1.807) is 10.4 Å². The number of fused-ring (bicyclic) bond motifs is 2. The van der Waals surface area contributed by atoms with Gasteiger partial charge in [-0.05, 0) is 10.8 Å². The van der Waals surface area contributed by atoms with E-state index >= 15 is 0 Å². The molecule has 0 nitrogen and oxygen atoms in total. The molecule has 0 saturated heterocycles. The fraction of sp³-hybridized carbons (Fsp3) is 0.375. The van der Waals surface area contributed by atoms with E-state index in [1.165, 1.54) is 22.9 Å². The normalized spacial score (nSPS) is 20.7. The molecule has 2 aromatic rings. The fourth-order valence-electron chi connectivity index (χ4n) is 3.25. The second kappa shape index (κ2) is 3.81. The van der Waals surface area contributed by atoms with Crippen LogP contribution >= 0.6 is 0 Å². The molecule has 0 bridgehead atoms. The summed E-state index contributed by atoms with van der Waals surface area (Å²) in [7, 11) is -2.36. The minimum absolute atomic E-state index is 1.18. The van der Waals surface area contributed by atoms with Crippen LogP contribution in [0.3, 0.4) is 0 Å². The first-order valence-corrected chi connectivity index (χ1v) is 13.4. The lowest BCUT2D eigenvalue weighted by molar-refractivity contribution is 1.28. The van der Waals surface area contributed by atoms with E-state index in [-0.39, 0.29) is 0 Å². The largest absolute Gasteiger partial charge is 0.0802 e. The Kier molecular flexibility index (Phi) is 2.58. The summed E-state index contributed by atoms with van der Waals surface area (Å²) >= 11 is 0. The molecule has 0 fully saturated rings. The summed E-state index contributed by atoms with van der Waals surface area (Å²) < 4.78 is 0. The number of hydrogen-bond donors (Lipinski definition) is 0. The average molecular weight is 271 g/mol. The molecule has 18 heavy (non-hydrogen) atoms. The summed E-state index contributed by atoms with van der Waals surface area (Å²) in [5, 5.41) is 6.38. The van der Waals surface area contributed by atoms with Crippen LogP contribution in [0.1, 0.15) is 0 Å². The molecule has 2 aromatic carbocycles. The highest BCUT2D eigenvalue weighted by Gasteiger charge is 2.39. The Balaban J connectivity index is 2.35. The third-order valence-corrected chi connectivity index (χ3v) is 12.2. The summed E-state index contributed by atoms with van der Waals surface area (Å²) in [6.07, 6.45) is 0. The van der Waals surface area contributed by atoms with Crippen LogP contribution in [0.5, 0.6) is 0 Å². The quantitative estimate of drug-likeness (QED) is 0.641. The molecule has 1 aliphatic rings. The van der Waals surface area contributed by atoms with Gasteiger partial charge in [-0.1, -0.05) is 85.0 Å². The highest BCUT2D eigenvalue weighted by Crippen LogP contribution is 2.27. The van der Waals surface area contributed by atoms with Crippen LogP contribution in [-0.4, -0.2) is 16.1 Å². The van der Waals surface area contributed by atoms with E-state index in [4.69, 9.17) is 0 Å². The first kappa shape index (κ1) is 12.2. The standard InChI is InChI=1S/C16H22Si2/c1-17(2)9-10-18(3,4)16-12-14-8-6-5-7-13(14)11-15(16)17/h5-8,11-12H,9-10H2,1-4H3. The van der Waals surface area contributed by atoms with Crippen molar-refractivity contribution in [3.63, 3.8) is 0 Å². The molecular formula is C16H22Si2. The molecule has 0 radical (unpaired) electrons. The molecule has 3 rings (SSSR count). The Hall–Kier alpha value is -0.866. The van der Waals surface area contributed by atoms with Gasteiger partial charge < -0.3 is 0 Å². The zero-order valence-electron chi connectivity index (χ0n) is 11.9. The molecule has 0 aromatic heterocycles. The summed E-state index contributed by atoms with van der Waals surface area (Å²) in [6, 6.07) is 16.9. The van der Waals surface area contributed by atoms with Crippen LogP contribution in [0.25, 0.3) is 10.8 Å². The van der Waals surface area contributed by atoms with Gasteiger partial charge in [0.05, 0.1) is 16.1 Å². The topological polar surface area (TPSA) is 0 Å². The zero-order chi connectivity index (χ0) is 13.0. The van der Waals surface area contributed by atoms with Crippen molar-refractivity contribution in [3.8, 4) is 0 Å². The van der Waals surface area contributed by atoms with Crippen molar-refractivity contribution in [2.24, 2.45) is 0 Å². The highest BCUT2D eigenvalue weighted by atomic mass is 28.3. The van der Waals surface area contributed by atoms with Gasteiger partial charge in [0.1, 0.15) is 0 Å². The SMILES string of the molecule is C[Si]1(C)CC[Si](C)(C)c2cc3ccccc3cc21. The van der Waals surface area contributed by atoms with E-state index in [0.29, 0.717) is 0 Å². The molecule has 0 atom stereocenters. The first-order chi connectivity index (χ1) is 8.40. The smallest absolute Gasteiger partial charge is 0.0654 e. The first-order valence-electron chi connectivity index (χ1n) is 6.94. The van der Waals surface area contributed by atoms with Crippen LogP contribution in [0.15, 0.2) is 36.4 Å². The third kappa shape index (κ3) is 1.79. The maximum absolute atomic E-state index is 2.55. The Morgan fingerprint density at radius 1 is 0.722 bits per heavy atom. The Morgan fingerprint density at radius 2 is 1.11 bits per heavy atom. The van der Waals surface area contributed by atoms with E-state index in [9.17, 15) is 0 Å². The van der Waals surface area contributed by atoms with Gasteiger partial charge in [-0.15, -0.1) is 0 Å². The summed E-state index contributed by atoms with van der Waals surface area (Å²) in [4.78, 5) is 0. The average Bonchev–Trinajstić information content (AvgIpc) is 2.34. The lowest BCUT2D eigenvalue weighted by Crippen LogP contribution is -2.63. The van der Waals surface area contributed by atoms with Crippen LogP contribution < -0.4 is 10.4 Å². The molecule has 1 heterocycles. The number of benzene rings is 2. The van der Waals surface area contributed by atoms with Crippen LogP contribution in [-0.2, 0) is 0 Å². The Labute approximate surface area is 112 Å². The number of hydrogen-bond acceptors (Lipinski definition) is 0. The van der Waals surface area contributed by atoms with Crippen molar-refractivity contribution in [3.05, 3.63) is 36.4 Å². The molecule has 0 amide bonds. The van der Waals surface area contributed by atoms with E-state index in [2.05, 4.69) is 62.6 Å². The predicted octanol–water partition coefficient (Wildman–Crippen LogP) is 3.68. The molecule has 0 N–H and O–H groups in total. The molecule has 1 aliphatic heterocycles. The van der Waals surface area contributed by atoms with Gasteiger partial charge in [0.2, 0.25) is 0 Å². The minimum Gasteiger partial charge on any atom is -0.0654 e. The van der Waals surface area contributed by atoms with Crippen LogP contribution in [0.2, 0.25) is 38.3 Å². The van der Waals surface area contributed by atoms with Gasteiger partial charge >= 0.3 is 0 Å². The molecule has 0 saturated carbocycles. The lowest BCUT2D eigenvalue weighted by Gasteiger charge is -2.39. The Morgan fingerprint density at radius 3 is 1.50 bits per heavy atom. The predicted molar refractivity (Wildman–Crippen MR) is 87.8 cm³/mol. The monoisotopic (exact) mass is 270 g/mol. The van der Waals surface area contributed by atoms with E-state index in [0.717, 1.165) is 0 Å². The molecule has 2 heteroatoms. The van der Waals surface area contributed by atoms with Crippen molar-refractivity contribution >= 4 is 37.3 Å². The summed E-state index contributed by atoms with van der Waals surface area (Å²) in [5.74, 6) is 0. The molecule has 94 valence electrons. The Bertz CT molecular complexity index is 557. The van der Waals surface area contributed by atoms with Gasteiger partial charge in [0.25, 0.3) is 0 Å². The maximum Gasteiger partial charge on any atom is 0.0802 e. The van der Waals surface area contributed by atoms with Crippen molar-refractivity contribution in [1.29, 1.82) is 0 Å². The van der Waals surface area contributed by atoms with Gasteiger partial charge in [0, 0.05) is 0 Å². The van der Waals surface area contributed by atoms with Crippen molar-refractivity contribution in [2.75, 3.05) is 0 Å². The molecule has 0 unspecified atom stereocenters. The third-order valence-electron chi connectivity index (χ3n) is 4.72. The van der Waals surface area contributed by atoms with E-state index in [1.807, 2.05) is 0 Å². The highest BCUT2D eigenvalue weighted by molar-refractivity contribution is 7.03. The van der Waals surface area contributed by atoms with Crippen molar-refractivity contribution < 1.29 is 0 Å². The lowest BCUT2D eigenvalue weighted by atomic mass is 10.1. The van der Waals surface area contributed by atoms with Crippen molar-refractivity contribution in [1.82, 2.24) is 0 Å². The second-order valence-corrected chi connectivity index (χ2v) is 16.6. The summed E-state index contributed by atoms with van der Waals surface area (Å²) in [5.41, 5.74) is 0. The maximum atomic E-state index is 2.55. The van der Waals surface area contributed by atoms with Crippen LogP contribution in [0.4, 0.5) is 0 Å². The van der Waals surface area contributed by atoms with Gasteiger partial charge in [-0.2, -0.15) is 0 Å². The van der Waals surface area contributed by atoms with Gasteiger partial charge in [-0.25, -0.2) is 0 Å². The zero-order valence-corrected chi connectivity index (χ0v) is 13.9. The number of rotatable bonds is 0.